The third-order valence-electron chi connectivity index (χ3n) is 11.1. The summed E-state index contributed by atoms with van der Waals surface area (Å²) in [5, 5.41) is 11.0. The maximum Gasteiger partial charge on any atom is 0.0168 e. The van der Waals surface area contributed by atoms with E-state index < -0.39 is 0 Å². The van der Waals surface area contributed by atoms with Crippen molar-refractivity contribution in [2.75, 3.05) is 0 Å². The average molecular weight is 567 g/mol. The monoisotopic (exact) mass is 566 g/mol. The summed E-state index contributed by atoms with van der Waals surface area (Å²) < 4.78 is 0. The molecule has 7 aromatic rings. The Morgan fingerprint density at radius 2 is 0.818 bits per heavy atom. The first-order valence-electron chi connectivity index (χ1n) is 16.1. The lowest BCUT2D eigenvalue weighted by molar-refractivity contribution is 0.603. The zero-order chi connectivity index (χ0) is 30.4. The maximum atomic E-state index is 2.50. The highest BCUT2D eigenvalue weighted by molar-refractivity contribution is 6.35. The summed E-state index contributed by atoms with van der Waals surface area (Å²) in [7, 11) is 0. The summed E-state index contributed by atoms with van der Waals surface area (Å²) in [6.45, 7) is 18.8. The molecule has 0 spiro atoms. The van der Waals surface area contributed by atoms with E-state index in [1.165, 1.54) is 110 Å². The van der Waals surface area contributed by atoms with Crippen LogP contribution in [-0.4, -0.2) is 0 Å². The van der Waals surface area contributed by atoms with Crippen molar-refractivity contribution in [1.29, 1.82) is 0 Å². The molecule has 0 nitrogen and oxygen atoms in total. The van der Waals surface area contributed by atoms with Crippen LogP contribution in [0.1, 0.15) is 72.2 Å². The second-order valence-electron chi connectivity index (χ2n) is 14.9. The summed E-state index contributed by atoms with van der Waals surface area (Å²) in [6, 6.07) is 33.3. The van der Waals surface area contributed by atoms with Crippen LogP contribution >= 0.6 is 0 Å². The minimum Gasteiger partial charge on any atom is -0.0587 e. The highest BCUT2D eigenvalue weighted by atomic mass is 14.5. The molecular weight excluding hydrogens is 528 g/mol. The van der Waals surface area contributed by atoms with Crippen LogP contribution in [0.15, 0.2) is 84.9 Å². The van der Waals surface area contributed by atoms with Gasteiger partial charge in [0.1, 0.15) is 0 Å². The predicted octanol–water partition coefficient (Wildman–Crippen LogP) is 12.1. The third-order valence-corrected chi connectivity index (χ3v) is 11.1. The SMILES string of the molecule is Cc1ccc2c(c1)C(C)(C)c1c-2ccc2c1C(C)(C)c1c-2c2cc(C)ccc2c2c3ccc(C)cc3c3cc(C)ccc3c12. The molecule has 0 aliphatic heterocycles. The summed E-state index contributed by atoms with van der Waals surface area (Å²) in [5.41, 5.74) is 16.7. The zero-order valence-corrected chi connectivity index (χ0v) is 27.1. The highest BCUT2D eigenvalue weighted by Crippen LogP contribution is 2.62. The van der Waals surface area contributed by atoms with Gasteiger partial charge in [-0.3, -0.25) is 0 Å². The number of hydrogen-bond donors (Lipinski definition) is 0. The minimum absolute atomic E-state index is 0.0771. The van der Waals surface area contributed by atoms with Crippen LogP contribution in [0.2, 0.25) is 0 Å². The van der Waals surface area contributed by atoms with Gasteiger partial charge in [0, 0.05) is 10.8 Å². The molecule has 0 heterocycles. The predicted molar refractivity (Wildman–Crippen MR) is 191 cm³/mol. The Hall–Kier alpha value is -4.42. The standard InChI is InChI=1S/C44H38/c1-23-10-14-28-33(19-23)34-20-24(2)11-15-29(34)39-37(28)30-16-12-25(3)21-35(30)38-32-18-17-31-27-13-9-26(4)22-36(27)43(5,6)40(31)41(32)44(7,8)42(38)39/h9-22H,1-8H3. The summed E-state index contributed by atoms with van der Waals surface area (Å²) in [6.07, 6.45) is 0. The molecule has 0 radical (unpaired) electrons. The van der Waals surface area contributed by atoms with Crippen LogP contribution < -0.4 is 0 Å². The quantitative estimate of drug-likeness (QED) is 0.160. The smallest absolute Gasteiger partial charge is 0.0168 e. The van der Waals surface area contributed by atoms with E-state index in [2.05, 4.69) is 140 Å². The van der Waals surface area contributed by atoms with Gasteiger partial charge in [0.15, 0.2) is 0 Å². The fraction of sp³-hybridized carbons (Fsp3) is 0.227. The van der Waals surface area contributed by atoms with Crippen molar-refractivity contribution in [2.24, 2.45) is 0 Å². The zero-order valence-electron chi connectivity index (χ0n) is 27.1. The number of fused-ring (bicyclic) bond motifs is 17. The van der Waals surface area contributed by atoms with Gasteiger partial charge in [-0.15, -0.1) is 0 Å². The van der Waals surface area contributed by atoms with Crippen LogP contribution in [0.25, 0.3) is 65.3 Å². The van der Waals surface area contributed by atoms with Gasteiger partial charge in [0.25, 0.3) is 0 Å². The Labute approximate surface area is 260 Å². The Bertz CT molecular complexity index is 2460. The van der Waals surface area contributed by atoms with Crippen molar-refractivity contribution in [2.45, 2.75) is 66.2 Å². The average Bonchev–Trinajstić information content (AvgIpc) is 3.36. The van der Waals surface area contributed by atoms with E-state index in [1.54, 1.807) is 0 Å². The van der Waals surface area contributed by atoms with Crippen LogP contribution in [0, 0.1) is 27.7 Å². The van der Waals surface area contributed by atoms with Crippen molar-refractivity contribution in [3.05, 3.63) is 129 Å². The maximum absolute atomic E-state index is 2.50. The molecule has 0 atom stereocenters. The molecule has 2 aliphatic rings. The van der Waals surface area contributed by atoms with Gasteiger partial charge in [0.2, 0.25) is 0 Å². The van der Waals surface area contributed by atoms with E-state index in [4.69, 9.17) is 0 Å². The minimum atomic E-state index is -0.184. The summed E-state index contributed by atoms with van der Waals surface area (Å²) in [4.78, 5) is 0. The molecule has 0 fully saturated rings. The van der Waals surface area contributed by atoms with Crippen LogP contribution in [0.4, 0.5) is 0 Å². The molecule has 7 aromatic carbocycles. The van der Waals surface area contributed by atoms with Crippen molar-refractivity contribution in [3.63, 3.8) is 0 Å². The molecule has 0 saturated heterocycles. The second kappa shape index (κ2) is 8.19. The fourth-order valence-corrected chi connectivity index (χ4v) is 9.26. The lowest BCUT2D eigenvalue weighted by atomic mass is 9.71. The van der Waals surface area contributed by atoms with E-state index in [9.17, 15) is 0 Å². The van der Waals surface area contributed by atoms with Crippen molar-refractivity contribution in [3.8, 4) is 22.3 Å². The van der Waals surface area contributed by atoms with E-state index in [0.717, 1.165) is 0 Å². The molecule has 0 N–H and O–H groups in total. The first kappa shape index (κ1) is 26.0. The number of aryl methyl sites for hydroxylation is 4. The second-order valence-corrected chi connectivity index (χ2v) is 14.9. The largest absolute Gasteiger partial charge is 0.0587 e. The Kier molecular flexibility index (Phi) is 4.84. The number of hydrogen-bond acceptors (Lipinski definition) is 0. The topological polar surface area (TPSA) is 0 Å². The first-order valence-corrected chi connectivity index (χ1v) is 16.1. The molecule has 9 rings (SSSR count). The lowest BCUT2D eigenvalue weighted by Gasteiger charge is -2.31. The van der Waals surface area contributed by atoms with Crippen LogP contribution in [0.5, 0.6) is 0 Å². The van der Waals surface area contributed by atoms with Gasteiger partial charge in [-0.05, 0) is 115 Å². The molecular formula is C44H38. The summed E-state index contributed by atoms with van der Waals surface area (Å²) in [5.74, 6) is 0. The van der Waals surface area contributed by atoms with Crippen LogP contribution in [0.3, 0.4) is 0 Å². The van der Waals surface area contributed by atoms with E-state index >= 15 is 0 Å². The Morgan fingerprint density at radius 3 is 1.45 bits per heavy atom. The van der Waals surface area contributed by atoms with Crippen LogP contribution in [-0.2, 0) is 10.8 Å². The summed E-state index contributed by atoms with van der Waals surface area (Å²) >= 11 is 0. The molecule has 0 bridgehead atoms. The van der Waals surface area contributed by atoms with E-state index in [-0.39, 0.29) is 10.8 Å². The Morgan fingerprint density at radius 1 is 0.364 bits per heavy atom. The molecule has 0 saturated carbocycles. The van der Waals surface area contributed by atoms with Gasteiger partial charge in [0.05, 0.1) is 0 Å². The first-order chi connectivity index (χ1) is 21.0. The fourth-order valence-electron chi connectivity index (χ4n) is 9.26. The molecule has 214 valence electrons. The van der Waals surface area contributed by atoms with Crippen molar-refractivity contribution in [1.82, 2.24) is 0 Å². The van der Waals surface area contributed by atoms with Gasteiger partial charge < -0.3 is 0 Å². The lowest BCUT2D eigenvalue weighted by Crippen LogP contribution is -2.24. The molecule has 44 heavy (non-hydrogen) atoms. The molecule has 0 heteroatoms. The number of benzene rings is 7. The molecule has 0 unspecified atom stereocenters. The molecule has 2 aliphatic carbocycles. The van der Waals surface area contributed by atoms with E-state index in [1.807, 2.05) is 0 Å². The highest BCUT2D eigenvalue weighted by Gasteiger charge is 2.47. The van der Waals surface area contributed by atoms with Crippen molar-refractivity contribution < 1.29 is 0 Å². The van der Waals surface area contributed by atoms with Gasteiger partial charge in [-0.25, -0.2) is 0 Å². The number of rotatable bonds is 0. The molecule has 0 aromatic heterocycles. The molecule has 0 amide bonds. The van der Waals surface area contributed by atoms with Gasteiger partial charge in [-0.1, -0.05) is 135 Å². The van der Waals surface area contributed by atoms with Gasteiger partial charge >= 0.3 is 0 Å². The Balaban J connectivity index is 1.54. The normalized spacial score (nSPS) is 15.6. The van der Waals surface area contributed by atoms with E-state index in [0.29, 0.717) is 0 Å². The van der Waals surface area contributed by atoms with Crippen molar-refractivity contribution >= 4 is 43.1 Å². The third kappa shape index (κ3) is 3.04. The van der Waals surface area contributed by atoms with Gasteiger partial charge in [-0.2, -0.15) is 0 Å².